The fourth-order valence-corrected chi connectivity index (χ4v) is 7.37. The van der Waals surface area contributed by atoms with Crippen LogP contribution in [-0.4, -0.2) is 89.8 Å². The first-order valence-electron chi connectivity index (χ1n) is 16.6. The minimum atomic E-state index is -0.264. The van der Waals surface area contributed by atoms with E-state index in [0.717, 1.165) is 88.6 Å². The predicted octanol–water partition coefficient (Wildman–Crippen LogP) is 4.95. The highest BCUT2D eigenvalue weighted by Gasteiger charge is 2.43. The number of hydrogen-bond donors (Lipinski definition) is 0. The van der Waals surface area contributed by atoms with Crippen LogP contribution in [0.2, 0.25) is 0 Å². The lowest BCUT2D eigenvalue weighted by atomic mass is 9.76. The number of likely N-dealkylation sites (tertiary alicyclic amines) is 1. The van der Waals surface area contributed by atoms with Crippen LogP contribution in [0.3, 0.4) is 0 Å². The largest absolute Gasteiger partial charge is 0.412 e. The lowest BCUT2D eigenvalue weighted by molar-refractivity contribution is -0.134. The molecule has 2 aliphatic heterocycles. The Morgan fingerprint density at radius 2 is 1.85 bits per heavy atom. The summed E-state index contributed by atoms with van der Waals surface area (Å²) in [6.45, 7) is 20.2. The molecule has 46 heavy (non-hydrogen) atoms. The average molecular weight is 625 g/mol. The van der Waals surface area contributed by atoms with Crippen molar-refractivity contribution in [3.63, 3.8) is 0 Å². The molecular formula is C37H48N6O3. The second-order valence-corrected chi connectivity index (χ2v) is 12.8. The maximum Gasteiger partial charge on any atom is 0.228 e. The summed E-state index contributed by atoms with van der Waals surface area (Å²) >= 11 is 0. The molecule has 0 radical (unpaired) electrons. The molecule has 1 aliphatic carbocycles. The average Bonchev–Trinajstić information content (AvgIpc) is 3.59. The van der Waals surface area contributed by atoms with Crippen LogP contribution in [0.5, 0.6) is 0 Å². The number of carbonyl (C=O) groups excluding carboxylic acids is 1. The molecule has 2 N–H and O–H groups in total. The van der Waals surface area contributed by atoms with E-state index in [2.05, 4.69) is 85.6 Å². The molecule has 2 aromatic carbocycles. The number of para-hydroxylation sites is 2. The molecule has 2 saturated heterocycles. The van der Waals surface area contributed by atoms with E-state index < -0.39 is 0 Å². The molecule has 244 valence electrons. The zero-order valence-corrected chi connectivity index (χ0v) is 27.3. The van der Waals surface area contributed by atoms with Gasteiger partial charge in [0.15, 0.2) is 5.70 Å². The summed E-state index contributed by atoms with van der Waals surface area (Å²) in [4.78, 5) is 29.6. The highest BCUT2D eigenvalue weighted by molar-refractivity contribution is 5.82. The van der Waals surface area contributed by atoms with Crippen LogP contribution in [0.25, 0.3) is 15.9 Å². The summed E-state index contributed by atoms with van der Waals surface area (Å²) in [5, 5.41) is 0. The van der Waals surface area contributed by atoms with Crippen molar-refractivity contribution in [2.75, 3.05) is 63.9 Å². The Kier molecular flexibility index (Phi) is 10.9. The van der Waals surface area contributed by atoms with Gasteiger partial charge in [-0.15, -0.1) is 0 Å². The maximum atomic E-state index is 13.8. The van der Waals surface area contributed by atoms with Crippen molar-refractivity contribution < 1.29 is 15.0 Å². The number of carbonyl (C=O) groups is 1. The van der Waals surface area contributed by atoms with Gasteiger partial charge in [-0.1, -0.05) is 67.6 Å². The standard InChI is InChI=1S/C37H46N6O2.H2O/c1-4-45-26-25-43-34-14-9-8-13-33(34)39-36(43)41-20-10-19-40(23-24-41)21-17-37(30-11-6-5-7-12-30)18-22-42(28-37)35(44)32-27-31(38-3)16-15-29(32)2;/h5-9,11-16,27,29,32H,4,10,17-26,28H2,1-2H3;1H2. The first-order chi connectivity index (χ1) is 22.0. The first-order valence-corrected chi connectivity index (χ1v) is 16.6. The zero-order chi connectivity index (χ0) is 31.2. The SMILES string of the molecule is O.[C-]#[N+]C1=CC(C(=O)N2CCC(CCN3CCCN(c4nc5ccccc5n4CCOCC)CC3)(c3ccccc3)C2)C(C)C=C1. The summed E-state index contributed by atoms with van der Waals surface area (Å²) < 4.78 is 8.05. The van der Waals surface area contributed by atoms with Gasteiger partial charge < -0.3 is 29.5 Å². The van der Waals surface area contributed by atoms with Crippen LogP contribution in [0.1, 0.15) is 38.7 Å². The van der Waals surface area contributed by atoms with E-state index in [9.17, 15) is 4.79 Å². The van der Waals surface area contributed by atoms with Gasteiger partial charge in [-0.3, -0.25) is 4.79 Å². The van der Waals surface area contributed by atoms with Gasteiger partial charge >= 0.3 is 0 Å². The van der Waals surface area contributed by atoms with E-state index >= 15 is 0 Å². The number of allylic oxidation sites excluding steroid dienone is 2. The summed E-state index contributed by atoms with van der Waals surface area (Å²) in [5.41, 5.74) is 4.03. The predicted molar refractivity (Wildman–Crippen MR) is 184 cm³/mol. The molecular weight excluding hydrogens is 576 g/mol. The Morgan fingerprint density at radius 3 is 2.65 bits per heavy atom. The number of imidazole rings is 1. The van der Waals surface area contributed by atoms with Crippen LogP contribution in [0.15, 0.2) is 78.5 Å². The summed E-state index contributed by atoms with van der Waals surface area (Å²) in [6, 6.07) is 19.2. The molecule has 1 aromatic heterocycles. The molecule has 0 spiro atoms. The Balaban J connectivity index is 0.00000417. The molecule has 3 aliphatic rings. The number of aromatic nitrogens is 2. The van der Waals surface area contributed by atoms with Crippen molar-refractivity contribution in [3.8, 4) is 0 Å². The van der Waals surface area contributed by atoms with Crippen LogP contribution in [-0.2, 0) is 21.5 Å². The van der Waals surface area contributed by atoms with Crippen LogP contribution in [0, 0.1) is 18.4 Å². The number of fused-ring (bicyclic) bond motifs is 1. The molecule has 3 heterocycles. The highest BCUT2D eigenvalue weighted by Crippen LogP contribution is 2.40. The Hall–Kier alpha value is -3.97. The van der Waals surface area contributed by atoms with E-state index in [4.69, 9.17) is 16.3 Å². The van der Waals surface area contributed by atoms with Crippen molar-refractivity contribution >= 4 is 22.9 Å². The topological polar surface area (TPSA) is 89.7 Å². The molecule has 9 heteroatoms. The third-order valence-electron chi connectivity index (χ3n) is 10.0. The van der Waals surface area contributed by atoms with Gasteiger partial charge in [0.2, 0.25) is 11.9 Å². The number of amides is 1. The molecule has 0 bridgehead atoms. The maximum absolute atomic E-state index is 13.8. The Bertz CT molecular complexity index is 1580. The van der Waals surface area contributed by atoms with Crippen molar-refractivity contribution in [3.05, 3.63) is 95.5 Å². The minimum Gasteiger partial charge on any atom is -0.412 e. The Labute approximate surface area is 273 Å². The van der Waals surface area contributed by atoms with E-state index in [1.54, 1.807) is 0 Å². The van der Waals surface area contributed by atoms with Crippen molar-refractivity contribution in [1.82, 2.24) is 19.4 Å². The fraction of sp³-hybridized carbons (Fsp3) is 0.486. The number of ether oxygens (including phenoxy) is 1. The summed E-state index contributed by atoms with van der Waals surface area (Å²) in [6.07, 6.45) is 8.78. The molecule has 6 rings (SSSR count). The summed E-state index contributed by atoms with van der Waals surface area (Å²) in [5.74, 6) is 1.04. The monoisotopic (exact) mass is 624 g/mol. The number of anilines is 1. The second kappa shape index (κ2) is 15.1. The normalized spacial score (nSPS) is 23.5. The number of rotatable bonds is 10. The van der Waals surface area contributed by atoms with Crippen LogP contribution >= 0.6 is 0 Å². The molecule has 3 atom stereocenters. The molecule has 2 fully saturated rings. The fourth-order valence-electron chi connectivity index (χ4n) is 7.37. The van der Waals surface area contributed by atoms with E-state index in [1.807, 2.05) is 25.2 Å². The number of hydrogen-bond acceptors (Lipinski definition) is 5. The second-order valence-electron chi connectivity index (χ2n) is 12.8. The lowest BCUT2D eigenvalue weighted by Gasteiger charge is -2.34. The molecule has 3 aromatic rings. The van der Waals surface area contributed by atoms with Gasteiger partial charge in [0.05, 0.1) is 30.1 Å². The third-order valence-corrected chi connectivity index (χ3v) is 10.0. The quantitative estimate of drug-likeness (QED) is 0.235. The van der Waals surface area contributed by atoms with E-state index in [1.165, 1.54) is 5.56 Å². The first kappa shape index (κ1) is 33.4. The Morgan fingerprint density at radius 1 is 1.04 bits per heavy atom. The van der Waals surface area contributed by atoms with Crippen molar-refractivity contribution in [2.24, 2.45) is 11.8 Å². The van der Waals surface area contributed by atoms with Crippen molar-refractivity contribution in [1.29, 1.82) is 0 Å². The summed E-state index contributed by atoms with van der Waals surface area (Å²) in [7, 11) is 0. The van der Waals surface area contributed by atoms with E-state index in [-0.39, 0.29) is 28.6 Å². The van der Waals surface area contributed by atoms with Crippen LogP contribution < -0.4 is 4.90 Å². The van der Waals surface area contributed by atoms with E-state index in [0.29, 0.717) is 18.9 Å². The third kappa shape index (κ3) is 7.05. The zero-order valence-electron chi connectivity index (χ0n) is 27.3. The van der Waals surface area contributed by atoms with Gasteiger partial charge in [-0.05, 0) is 62.9 Å². The smallest absolute Gasteiger partial charge is 0.228 e. The molecule has 1 amide bonds. The van der Waals surface area contributed by atoms with Crippen LogP contribution in [0.4, 0.5) is 5.95 Å². The molecule has 0 saturated carbocycles. The van der Waals surface area contributed by atoms with Gasteiger partial charge in [-0.25, -0.2) is 9.83 Å². The van der Waals surface area contributed by atoms with Gasteiger partial charge in [-0.2, -0.15) is 0 Å². The molecule has 3 unspecified atom stereocenters. The molecule has 9 nitrogen and oxygen atoms in total. The van der Waals surface area contributed by atoms with Crippen molar-refractivity contribution in [2.45, 2.75) is 45.1 Å². The number of nitrogens with zero attached hydrogens (tertiary/aromatic N) is 6. The number of benzene rings is 2. The van der Waals surface area contributed by atoms with Gasteiger partial charge in [0, 0.05) is 51.3 Å². The van der Waals surface area contributed by atoms with Gasteiger partial charge in [0.25, 0.3) is 0 Å². The van der Waals surface area contributed by atoms with Gasteiger partial charge in [0.1, 0.15) is 0 Å². The minimum absolute atomic E-state index is 0. The highest BCUT2D eigenvalue weighted by atomic mass is 16.5. The lowest BCUT2D eigenvalue weighted by Crippen LogP contribution is -2.41.